The van der Waals surface area contributed by atoms with Gasteiger partial charge in [-0.15, -0.1) is 0 Å². The molecule has 0 spiro atoms. The third-order valence-electron chi connectivity index (χ3n) is 3.36. The molecule has 0 radical (unpaired) electrons. The SMILES string of the molecule is CN=C(NCC(c1ccc(Cl)cc1)N(C)C)NC(C)COC. The van der Waals surface area contributed by atoms with Gasteiger partial charge in [0.15, 0.2) is 5.96 Å². The van der Waals surface area contributed by atoms with E-state index in [0.717, 1.165) is 17.5 Å². The molecule has 1 rings (SSSR count). The minimum atomic E-state index is 0.199. The zero-order valence-electron chi connectivity index (χ0n) is 14.1. The van der Waals surface area contributed by atoms with Crippen LogP contribution in [-0.4, -0.2) is 58.3 Å². The van der Waals surface area contributed by atoms with Gasteiger partial charge in [-0.05, 0) is 38.7 Å². The van der Waals surface area contributed by atoms with Crippen molar-refractivity contribution in [1.82, 2.24) is 15.5 Å². The molecule has 2 unspecified atom stereocenters. The summed E-state index contributed by atoms with van der Waals surface area (Å²) in [4.78, 5) is 6.42. The molecule has 0 aromatic heterocycles. The molecule has 0 saturated carbocycles. The standard InChI is InChI=1S/C16H27ClN4O/c1-12(11-22-5)20-16(18-2)19-10-15(21(3)4)13-6-8-14(17)9-7-13/h6-9,12,15H,10-11H2,1-5H3,(H2,18,19,20). The van der Waals surface area contributed by atoms with E-state index >= 15 is 0 Å². The van der Waals surface area contributed by atoms with Crippen LogP contribution in [0, 0.1) is 0 Å². The molecule has 124 valence electrons. The van der Waals surface area contributed by atoms with E-state index < -0.39 is 0 Å². The van der Waals surface area contributed by atoms with Crippen LogP contribution < -0.4 is 10.6 Å². The lowest BCUT2D eigenvalue weighted by atomic mass is 10.1. The number of nitrogens with one attached hydrogen (secondary N) is 2. The molecule has 0 aliphatic heterocycles. The first-order chi connectivity index (χ1) is 10.5. The molecule has 0 fully saturated rings. The smallest absolute Gasteiger partial charge is 0.191 e. The Morgan fingerprint density at radius 2 is 1.95 bits per heavy atom. The van der Waals surface area contributed by atoms with E-state index in [1.165, 1.54) is 5.56 Å². The van der Waals surface area contributed by atoms with Crippen molar-refractivity contribution in [3.8, 4) is 0 Å². The van der Waals surface area contributed by atoms with Gasteiger partial charge >= 0.3 is 0 Å². The van der Waals surface area contributed by atoms with E-state index in [9.17, 15) is 0 Å². The summed E-state index contributed by atoms with van der Waals surface area (Å²) in [5, 5.41) is 7.41. The topological polar surface area (TPSA) is 48.9 Å². The summed E-state index contributed by atoms with van der Waals surface area (Å²) in [7, 11) is 7.58. The van der Waals surface area contributed by atoms with Crippen LogP contribution in [0.3, 0.4) is 0 Å². The third-order valence-corrected chi connectivity index (χ3v) is 3.62. The van der Waals surface area contributed by atoms with Crippen LogP contribution in [0.15, 0.2) is 29.3 Å². The molecule has 5 nitrogen and oxygen atoms in total. The lowest BCUT2D eigenvalue weighted by molar-refractivity contribution is 0.179. The molecule has 0 aliphatic rings. The monoisotopic (exact) mass is 326 g/mol. The minimum Gasteiger partial charge on any atom is -0.383 e. The van der Waals surface area contributed by atoms with E-state index in [0.29, 0.717) is 6.61 Å². The zero-order valence-corrected chi connectivity index (χ0v) is 14.8. The molecule has 0 heterocycles. The maximum absolute atomic E-state index is 5.96. The number of rotatable bonds is 7. The number of ether oxygens (including phenoxy) is 1. The number of guanidine groups is 1. The van der Waals surface area contributed by atoms with E-state index in [1.807, 2.05) is 12.1 Å². The van der Waals surface area contributed by atoms with Crippen molar-refractivity contribution in [2.45, 2.75) is 19.0 Å². The van der Waals surface area contributed by atoms with Crippen molar-refractivity contribution in [3.05, 3.63) is 34.9 Å². The van der Waals surface area contributed by atoms with Gasteiger partial charge in [0, 0.05) is 31.8 Å². The van der Waals surface area contributed by atoms with Crippen LogP contribution in [0.2, 0.25) is 5.02 Å². The fourth-order valence-corrected chi connectivity index (χ4v) is 2.32. The highest BCUT2D eigenvalue weighted by Crippen LogP contribution is 2.19. The van der Waals surface area contributed by atoms with Gasteiger partial charge in [-0.25, -0.2) is 0 Å². The second-order valence-corrected chi connectivity index (χ2v) is 5.92. The molecule has 0 bridgehead atoms. The van der Waals surface area contributed by atoms with Crippen LogP contribution >= 0.6 is 11.6 Å². The number of methoxy groups -OCH3 is 1. The fraction of sp³-hybridized carbons (Fsp3) is 0.562. The van der Waals surface area contributed by atoms with Crippen LogP contribution in [0.5, 0.6) is 0 Å². The van der Waals surface area contributed by atoms with Crippen LogP contribution in [0.1, 0.15) is 18.5 Å². The Balaban J connectivity index is 2.65. The summed E-state index contributed by atoms with van der Waals surface area (Å²) in [6.07, 6.45) is 0. The van der Waals surface area contributed by atoms with Gasteiger partial charge in [-0.3, -0.25) is 4.99 Å². The van der Waals surface area contributed by atoms with Gasteiger partial charge in [0.2, 0.25) is 0 Å². The number of hydrogen-bond acceptors (Lipinski definition) is 3. The normalized spacial score (nSPS) is 14.8. The molecular weight excluding hydrogens is 300 g/mol. The second kappa shape index (κ2) is 9.66. The molecule has 0 aliphatic carbocycles. The summed E-state index contributed by atoms with van der Waals surface area (Å²) in [6, 6.07) is 8.37. The third kappa shape index (κ3) is 6.22. The number of halogens is 1. The Kier molecular flexibility index (Phi) is 8.24. The van der Waals surface area contributed by atoms with Crippen LogP contribution in [-0.2, 0) is 4.74 Å². The lowest BCUT2D eigenvalue weighted by Gasteiger charge is -2.26. The highest BCUT2D eigenvalue weighted by Gasteiger charge is 2.15. The van der Waals surface area contributed by atoms with E-state index in [-0.39, 0.29) is 12.1 Å². The average molecular weight is 327 g/mol. The second-order valence-electron chi connectivity index (χ2n) is 5.48. The van der Waals surface area contributed by atoms with Crippen molar-refractivity contribution in [1.29, 1.82) is 0 Å². The van der Waals surface area contributed by atoms with Crippen LogP contribution in [0.4, 0.5) is 0 Å². The van der Waals surface area contributed by atoms with Crippen molar-refractivity contribution in [3.63, 3.8) is 0 Å². The quantitative estimate of drug-likeness (QED) is 0.595. The Morgan fingerprint density at radius 1 is 1.32 bits per heavy atom. The summed E-state index contributed by atoms with van der Waals surface area (Å²) in [6.45, 7) is 3.43. The lowest BCUT2D eigenvalue weighted by Crippen LogP contribution is -2.46. The van der Waals surface area contributed by atoms with Gasteiger partial charge in [-0.1, -0.05) is 23.7 Å². The highest BCUT2D eigenvalue weighted by molar-refractivity contribution is 6.30. The average Bonchev–Trinajstić information content (AvgIpc) is 2.48. The Bertz CT molecular complexity index is 462. The first-order valence-electron chi connectivity index (χ1n) is 7.36. The maximum Gasteiger partial charge on any atom is 0.191 e. The van der Waals surface area contributed by atoms with Crippen LogP contribution in [0.25, 0.3) is 0 Å². The molecule has 22 heavy (non-hydrogen) atoms. The van der Waals surface area contributed by atoms with Crippen molar-refractivity contribution in [2.75, 3.05) is 41.4 Å². The molecule has 2 N–H and O–H groups in total. The number of aliphatic imine (C=N–C) groups is 1. The van der Waals surface area contributed by atoms with Gasteiger partial charge in [0.25, 0.3) is 0 Å². The molecule has 0 amide bonds. The van der Waals surface area contributed by atoms with Gasteiger partial charge < -0.3 is 20.3 Å². The zero-order chi connectivity index (χ0) is 16.5. The van der Waals surface area contributed by atoms with Crippen molar-refractivity contribution >= 4 is 17.6 Å². The Labute approximate surface area is 138 Å². The summed E-state index contributed by atoms with van der Waals surface area (Å²) in [5.41, 5.74) is 1.21. The van der Waals surface area contributed by atoms with E-state index in [4.69, 9.17) is 16.3 Å². The number of likely N-dealkylation sites (N-methyl/N-ethyl adjacent to an activating group) is 1. The largest absolute Gasteiger partial charge is 0.383 e. The molecular formula is C16H27ClN4O. The Hall–Kier alpha value is -1.30. The fourth-order valence-electron chi connectivity index (χ4n) is 2.20. The van der Waals surface area contributed by atoms with E-state index in [1.54, 1.807) is 14.2 Å². The summed E-state index contributed by atoms with van der Waals surface area (Å²) < 4.78 is 5.13. The molecule has 1 aromatic rings. The summed E-state index contributed by atoms with van der Waals surface area (Å²) >= 11 is 5.96. The molecule has 6 heteroatoms. The number of benzene rings is 1. The summed E-state index contributed by atoms with van der Waals surface area (Å²) in [5.74, 6) is 0.769. The van der Waals surface area contributed by atoms with Gasteiger partial charge in [-0.2, -0.15) is 0 Å². The molecule has 2 atom stereocenters. The molecule has 1 aromatic carbocycles. The predicted octanol–water partition coefficient (Wildman–Crippen LogP) is 2.14. The Morgan fingerprint density at radius 3 is 2.45 bits per heavy atom. The number of hydrogen-bond donors (Lipinski definition) is 2. The van der Waals surface area contributed by atoms with Gasteiger partial charge in [0.05, 0.1) is 12.6 Å². The first-order valence-corrected chi connectivity index (χ1v) is 7.73. The maximum atomic E-state index is 5.96. The van der Waals surface area contributed by atoms with Crippen molar-refractivity contribution < 1.29 is 4.74 Å². The molecule has 0 saturated heterocycles. The highest BCUT2D eigenvalue weighted by atomic mass is 35.5. The van der Waals surface area contributed by atoms with E-state index in [2.05, 4.69) is 53.7 Å². The first kappa shape index (κ1) is 18.7. The minimum absolute atomic E-state index is 0.199. The number of nitrogens with zero attached hydrogens (tertiary/aromatic N) is 2. The predicted molar refractivity (Wildman–Crippen MR) is 93.7 cm³/mol. The van der Waals surface area contributed by atoms with Gasteiger partial charge in [0.1, 0.15) is 0 Å². The van der Waals surface area contributed by atoms with Crippen molar-refractivity contribution in [2.24, 2.45) is 4.99 Å².